The van der Waals surface area contributed by atoms with Crippen molar-refractivity contribution in [3.05, 3.63) is 24.3 Å². The Balaban J connectivity index is 1.34. The molecule has 0 atom stereocenters. The average Bonchev–Trinajstić information content (AvgIpc) is 3.07. The Labute approximate surface area is 169 Å². The van der Waals surface area contributed by atoms with Crippen molar-refractivity contribution in [3.63, 3.8) is 0 Å². The number of aromatic nitrogens is 1. The van der Waals surface area contributed by atoms with Crippen LogP contribution in [0.25, 0.3) is 10.2 Å². The second-order valence-corrected chi connectivity index (χ2v) is 9.76. The lowest BCUT2D eigenvalue weighted by molar-refractivity contribution is 0.538. The normalized spacial score (nSPS) is 11.4. The van der Waals surface area contributed by atoms with Gasteiger partial charge >= 0.3 is 0 Å². The third-order valence-electron chi connectivity index (χ3n) is 5.00. The highest BCUT2D eigenvalue weighted by Gasteiger charge is 2.03. The summed E-state index contributed by atoms with van der Waals surface area (Å²) in [7, 11) is 0. The van der Waals surface area contributed by atoms with Crippen LogP contribution in [0.1, 0.15) is 96.8 Å². The fourth-order valence-electron chi connectivity index (χ4n) is 3.37. The van der Waals surface area contributed by atoms with Gasteiger partial charge in [-0.05, 0) is 18.6 Å². The molecule has 0 saturated carbocycles. The minimum atomic E-state index is 1.15. The van der Waals surface area contributed by atoms with E-state index in [1.165, 1.54) is 105 Å². The number of nitrogens with zero attached hydrogens (tertiary/aromatic N) is 1. The summed E-state index contributed by atoms with van der Waals surface area (Å²) in [5.41, 5.74) is 1.15. The Morgan fingerprint density at radius 3 is 1.85 bits per heavy atom. The standard InChI is InChI=1S/C23H37NS2/c1-2-3-4-5-6-7-8-9-10-11-12-13-14-17-20-25-23-24-21-18-15-16-19-22(21)26-23/h15-16,18-19H,2-14,17,20H2,1H3. The first-order chi connectivity index (χ1) is 12.9. The van der Waals surface area contributed by atoms with Gasteiger partial charge in [-0.1, -0.05) is 114 Å². The Bertz CT molecular complexity index is 545. The average molecular weight is 392 g/mol. The van der Waals surface area contributed by atoms with Crippen LogP contribution in [0.3, 0.4) is 0 Å². The number of thiazole rings is 1. The lowest BCUT2D eigenvalue weighted by Crippen LogP contribution is -1.84. The first kappa shape index (κ1) is 21.8. The van der Waals surface area contributed by atoms with E-state index in [0.29, 0.717) is 0 Å². The summed E-state index contributed by atoms with van der Waals surface area (Å²) >= 11 is 3.77. The van der Waals surface area contributed by atoms with Crippen LogP contribution < -0.4 is 0 Å². The van der Waals surface area contributed by atoms with Crippen LogP contribution in [0.15, 0.2) is 28.6 Å². The molecule has 0 aliphatic rings. The first-order valence-corrected chi connectivity index (χ1v) is 12.7. The van der Waals surface area contributed by atoms with E-state index < -0.39 is 0 Å². The molecule has 1 nitrogen and oxygen atoms in total. The highest BCUT2D eigenvalue weighted by atomic mass is 32.2. The van der Waals surface area contributed by atoms with E-state index in [1.54, 1.807) is 0 Å². The maximum Gasteiger partial charge on any atom is 0.151 e. The number of unbranched alkanes of at least 4 members (excludes halogenated alkanes) is 13. The molecule has 26 heavy (non-hydrogen) atoms. The minimum absolute atomic E-state index is 1.15. The molecule has 0 N–H and O–H groups in total. The van der Waals surface area contributed by atoms with Gasteiger partial charge in [-0.3, -0.25) is 0 Å². The Kier molecular flexibility index (Phi) is 12.1. The molecule has 0 radical (unpaired) electrons. The van der Waals surface area contributed by atoms with Gasteiger partial charge in [-0.2, -0.15) is 0 Å². The zero-order valence-electron chi connectivity index (χ0n) is 16.7. The van der Waals surface area contributed by atoms with Crippen molar-refractivity contribution in [2.45, 2.75) is 101 Å². The summed E-state index contributed by atoms with van der Waals surface area (Å²) in [4.78, 5) is 4.70. The van der Waals surface area contributed by atoms with Crippen molar-refractivity contribution < 1.29 is 0 Å². The molecule has 146 valence electrons. The Hall–Kier alpha value is -0.540. The number of hydrogen-bond acceptors (Lipinski definition) is 3. The number of hydrogen-bond donors (Lipinski definition) is 0. The molecule has 0 fully saturated rings. The van der Waals surface area contributed by atoms with E-state index in [9.17, 15) is 0 Å². The number of fused-ring (bicyclic) bond motifs is 1. The van der Waals surface area contributed by atoms with Gasteiger partial charge in [-0.15, -0.1) is 11.3 Å². The summed E-state index contributed by atoms with van der Waals surface area (Å²) in [6, 6.07) is 8.46. The van der Waals surface area contributed by atoms with E-state index >= 15 is 0 Å². The molecular formula is C23H37NS2. The minimum Gasteiger partial charge on any atom is -0.230 e. The van der Waals surface area contributed by atoms with Crippen molar-refractivity contribution in [2.24, 2.45) is 0 Å². The predicted octanol–water partition coefficient (Wildman–Crippen LogP) is 8.87. The van der Waals surface area contributed by atoms with Crippen LogP contribution in [0.4, 0.5) is 0 Å². The van der Waals surface area contributed by atoms with E-state index in [1.807, 2.05) is 23.1 Å². The number of para-hydroxylation sites is 1. The molecule has 0 saturated heterocycles. The molecule has 2 rings (SSSR count). The summed E-state index contributed by atoms with van der Waals surface area (Å²) in [5.74, 6) is 1.22. The van der Waals surface area contributed by atoms with Crippen molar-refractivity contribution in [3.8, 4) is 0 Å². The van der Waals surface area contributed by atoms with E-state index in [4.69, 9.17) is 4.98 Å². The van der Waals surface area contributed by atoms with Gasteiger partial charge in [0, 0.05) is 5.75 Å². The molecule has 0 spiro atoms. The number of rotatable bonds is 16. The van der Waals surface area contributed by atoms with E-state index in [0.717, 1.165) is 5.52 Å². The molecule has 0 aliphatic heterocycles. The van der Waals surface area contributed by atoms with Gasteiger partial charge < -0.3 is 0 Å². The zero-order valence-corrected chi connectivity index (χ0v) is 18.3. The molecule has 2 aromatic rings. The fraction of sp³-hybridized carbons (Fsp3) is 0.696. The van der Waals surface area contributed by atoms with Crippen LogP contribution >= 0.6 is 23.1 Å². The van der Waals surface area contributed by atoms with Gasteiger partial charge in [0.05, 0.1) is 10.2 Å². The summed E-state index contributed by atoms with van der Waals surface area (Å²) in [6.07, 6.45) is 20.0. The van der Waals surface area contributed by atoms with Crippen molar-refractivity contribution in [1.82, 2.24) is 4.98 Å². The fourth-order valence-corrected chi connectivity index (χ4v) is 5.51. The second kappa shape index (κ2) is 14.5. The van der Waals surface area contributed by atoms with Crippen LogP contribution in [-0.2, 0) is 0 Å². The van der Waals surface area contributed by atoms with Crippen LogP contribution in [0.5, 0.6) is 0 Å². The molecule has 1 heterocycles. The number of benzene rings is 1. The third kappa shape index (κ3) is 9.41. The van der Waals surface area contributed by atoms with Gasteiger partial charge in [0.15, 0.2) is 4.34 Å². The molecule has 3 heteroatoms. The third-order valence-corrected chi connectivity index (χ3v) is 7.26. The van der Waals surface area contributed by atoms with Crippen molar-refractivity contribution in [2.75, 3.05) is 5.75 Å². The lowest BCUT2D eigenvalue weighted by atomic mass is 10.0. The molecule has 0 unspecified atom stereocenters. The molecule has 0 bridgehead atoms. The number of thioether (sulfide) groups is 1. The monoisotopic (exact) mass is 391 g/mol. The van der Waals surface area contributed by atoms with Crippen molar-refractivity contribution in [1.29, 1.82) is 0 Å². The molecular weight excluding hydrogens is 354 g/mol. The lowest BCUT2D eigenvalue weighted by Gasteiger charge is -2.03. The smallest absolute Gasteiger partial charge is 0.151 e. The quantitative estimate of drug-likeness (QED) is 0.209. The highest BCUT2D eigenvalue weighted by molar-refractivity contribution is 8.01. The van der Waals surface area contributed by atoms with Crippen molar-refractivity contribution >= 4 is 33.3 Å². The van der Waals surface area contributed by atoms with Gasteiger partial charge in [0.25, 0.3) is 0 Å². The predicted molar refractivity (Wildman–Crippen MR) is 121 cm³/mol. The first-order valence-electron chi connectivity index (χ1n) is 10.9. The Morgan fingerprint density at radius 1 is 0.731 bits per heavy atom. The molecule has 0 aliphatic carbocycles. The van der Waals surface area contributed by atoms with Crippen LogP contribution in [-0.4, -0.2) is 10.7 Å². The highest BCUT2D eigenvalue weighted by Crippen LogP contribution is 2.29. The van der Waals surface area contributed by atoms with E-state index in [-0.39, 0.29) is 0 Å². The van der Waals surface area contributed by atoms with Crippen LogP contribution in [0.2, 0.25) is 0 Å². The molecule has 1 aromatic heterocycles. The van der Waals surface area contributed by atoms with Gasteiger partial charge in [-0.25, -0.2) is 4.98 Å². The van der Waals surface area contributed by atoms with E-state index in [2.05, 4.69) is 31.2 Å². The maximum atomic E-state index is 4.70. The summed E-state index contributed by atoms with van der Waals surface area (Å²) in [5, 5.41) is 0. The topological polar surface area (TPSA) is 12.9 Å². The SMILES string of the molecule is CCCCCCCCCCCCCCCCSc1nc2ccccc2s1. The maximum absolute atomic E-state index is 4.70. The largest absolute Gasteiger partial charge is 0.230 e. The summed E-state index contributed by atoms with van der Waals surface area (Å²) < 4.78 is 2.55. The van der Waals surface area contributed by atoms with Gasteiger partial charge in [0.2, 0.25) is 0 Å². The van der Waals surface area contributed by atoms with Gasteiger partial charge in [0.1, 0.15) is 0 Å². The molecule has 0 amide bonds. The zero-order chi connectivity index (χ0) is 18.3. The Morgan fingerprint density at radius 2 is 1.27 bits per heavy atom. The van der Waals surface area contributed by atoms with Crippen LogP contribution in [0, 0.1) is 0 Å². The summed E-state index contributed by atoms with van der Waals surface area (Å²) in [6.45, 7) is 2.29. The second-order valence-electron chi connectivity index (χ2n) is 7.39. The molecule has 1 aromatic carbocycles.